The van der Waals surface area contributed by atoms with Gasteiger partial charge in [-0.2, -0.15) is 0 Å². The second-order valence-electron chi connectivity index (χ2n) is 4.12. The minimum Gasteiger partial charge on any atom is -0.397 e. The van der Waals surface area contributed by atoms with Crippen LogP contribution in [0.25, 0.3) is 0 Å². The Labute approximate surface area is 170 Å². The summed E-state index contributed by atoms with van der Waals surface area (Å²) in [6.07, 6.45) is 11.7. The quantitative estimate of drug-likeness (QED) is 0.177. The van der Waals surface area contributed by atoms with E-state index in [2.05, 4.69) is 41.8 Å². The van der Waals surface area contributed by atoms with Gasteiger partial charge in [0.25, 0.3) is 0 Å². The molecule has 0 spiro atoms. The van der Waals surface area contributed by atoms with Crippen molar-refractivity contribution in [1.82, 2.24) is 4.57 Å². The highest BCUT2D eigenvalue weighted by Crippen LogP contribution is 2.26. The number of hydrogen-bond donors (Lipinski definition) is 0. The Bertz CT molecular complexity index is 340. The minimum atomic E-state index is -2.45. The van der Waals surface area contributed by atoms with Crippen LogP contribution in [0.15, 0.2) is 18.7 Å². The van der Waals surface area contributed by atoms with Crippen molar-refractivity contribution >= 4 is 99.0 Å². The van der Waals surface area contributed by atoms with Crippen molar-refractivity contribution in [2.24, 2.45) is 7.05 Å². The van der Waals surface area contributed by atoms with Crippen LogP contribution in [0.4, 0.5) is 0 Å². The van der Waals surface area contributed by atoms with E-state index in [1.54, 1.807) is 0 Å². The Morgan fingerprint density at radius 2 is 1.62 bits per heavy atom. The van der Waals surface area contributed by atoms with Crippen LogP contribution < -0.4 is 4.57 Å². The lowest BCUT2D eigenvalue weighted by Crippen LogP contribution is -2.23. The van der Waals surface area contributed by atoms with Gasteiger partial charge in [0, 0.05) is 0 Å². The summed E-state index contributed by atoms with van der Waals surface area (Å²) in [5.74, 6) is 0. The van der Waals surface area contributed by atoms with Gasteiger partial charge < -0.3 is 50.4 Å². The van der Waals surface area contributed by atoms with Gasteiger partial charge in [-0.25, -0.2) is 39.3 Å². The molecule has 0 aliphatic heterocycles. The zero-order valence-electron chi connectivity index (χ0n) is 12.0. The van der Waals surface area contributed by atoms with E-state index in [0.29, 0.717) is 0 Å². The first-order chi connectivity index (χ1) is 9.56. The number of hydrogen-bond acceptors (Lipinski definition) is 0. The van der Waals surface area contributed by atoms with Crippen LogP contribution in [0.3, 0.4) is 0 Å². The Kier molecular flexibility index (Phi) is 20.1. The van der Waals surface area contributed by atoms with Crippen LogP contribution in [0, 0.1) is 0 Å². The number of rotatable bonds is 5. The molecule has 1 aromatic rings. The summed E-state index contributed by atoms with van der Waals surface area (Å²) < 4.78 is 4.33. The molecule has 0 fully saturated rings. The molecule has 0 aliphatic rings. The number of aryl methyl sites for hydroxylation is 2. The monoisotopic (exact) mass is 558 g/mol. The molecule has 1 rings (SSSR count). The van der Waals surface area contributed by atoms with E-state index in [9.17, 15) is 0 Å². The van der Waals surface area contributed by atoms with E-state index in [1.807, 2.05) is 20.3 Å². The number of imidazole rings is 1. The average molecular weight is 561 g/mol. The normalized spacial score (nSPS) is 10.1. The minimum absolute atomic E-state index is 1.17. The van der Waals surface area contributed by atoms with Crippen molar-refractivity contribution in [2.75, 3.05) is 0 Å². The SMILES string of the molecule is CCCCCCn1cc[n+](C)c1.[Cl][Al-]([Cl])([Cl])[I].[Cl][Al]([Cl])[Cl]. The number of nitrogens with zero attached hydrogens (tertiary/aromatic N) is 2. The van der Waals surface area contributed by atoms with Crippen molar-refractivity contribution in [2.45, 2.75) is 39.2 Å². The van der Waals surface area contributed by atoms with Crippen molar-refractivity contribution in [3.63, 3.8) is 0 Å². The van der Waals surface area contributed by atoms with Crippen LogP contribution in [0.5, 0.6) is 0 Å². The maximum absolute atomic E-state index is 5.21. The maximum atomic E-state index is 5.21. The molecule has 0 bridgehead atoms. The van der Waals surface area contributed by atoms with E-state index in [-0.39, 0.29) is 0 Å². The lowest BCUT2D eigenvalue weighted by Gasteiger charge is -1.98. The molecule has 11 heteroatoms. The van der Waals surface area contributed by atoms with E-state index < -0.39 is 18.4 Å². The second kappa shape index (κ2) is 16.2. The summed E-state index contributed by atoms with van der Waals surface area (Å²) in [6, 6.07) is 0. The van der Waals surface area contributed by atoms with Gasteiger partial charge in [0.2, 0.25) is 6.33 Å². The Balaban J connectivity index is 0. The molecule has 0 radical (unpaired) electrons. The molecule has 0 saturated carbocycles. The zero-order chi connectivity index (χ0) is 16.9. The molecule has 0 aliphatic carbocycles. The maximum Gasteiger partial charge on any atom is 0.643 e. The van der Waals surface area contributed by atoms with Gasteiger partial charge in [-0.15, -0.1) is 0 Å². The largest absolute Gasteiger partial charge is 0.643 e. The molecule has 0 atom stereocenters. The van der Waals surface area contributed by atoms with Gasteiger partial charge in [-0.3, -0.25) is 0 Å². The molecule has 0 aromatic carbocycles. The van der Waals surface area contributed by atoms with E-state index in [1.165, 1.54) is 32.2 Å². The number of halogens is 7. The van der Waals surface area contributed by atoms with Gasteiger partial charge >= 0.3 is 18.4 Å². The Hall–Kier alpha value is 2.74. The fourth-order valence-electron chi connectivity index (χ4n) is 1.36. The van der Waals surface area contributed by atoms with Gasteiger partial charge in [-0.05, 0) is 12.8 Å². The first kappa shape index (κ1) is 26.0. The second-order valence-corrected chi connectivity index (χ2v) is 31.7. The topological polar surface area (TPSA) is 8.81 Å². The van der Waals surface area contributed by atoms with E-state index in [4.69, 9.17) is 60.3 Å². The van der Waals surface area contributed by atoms with Crippen molar-refractivity contribution in [1.29, 1.82) is 0 Å². The third-order valence-electron chi connectivity index (χ3n) is 2.09. The zero-order valence-corrected chi connectivity index (χ0v) is 21.0. The molecule has 1 aromatic heterocycles. The summed E-state index contributed by atoms with van der Waals surface area (Å²) in [4.78, 5) is 0. The summed E-state index contributed by atoms with van der Waals surface area (Å²) >= 11 is 0.118. The van der Waals surface area contributed by atoms with Crippen LogP contribution in [-0.4, -0.2) is 23.0 Å². The Morgan fingerprint density at radius 1 is 1.14 bits per heavy atom. The molecule has 2 nitrogen and oxygen atoms in total. The van der Waals surface area contributed by atoms with Crippen LogP contribution in [0.2, 0.25) is 0 Å². The highest BCUT2D eigenvalue weighted by atomic mass is 127. The van der Waals surface area contributed by atoms with E-state index >= 15 is 0 Å². The smallest absolute Gasteiger partial charge is 0.397 e. The molecule has 0 N–H and O–H groups in total. The van der Waals surface area contributed by atoms with Crippen molar-refractivity contribution < 1.29 is 4.57 Å². The molecular weight excluding hydrogens is 542 g/mol. The molecular formula is C10H19Al2Cl6IN2. The third kappa shape index (κ3) is 31.1. The highest BCUT2D eigenvalue weighted by molar-refractivity contribution is 14.1. The number of aromatic nitrogens is 2. The van der Waals surface area contributed by atoms with Crippen LogP contribution >= 0.6 is 80.6 Å². The predicted octanol–water partition coefficient (Wildman–Crippen LogP) is 6.15. The third-order valence-corrected chi connectivity index (χ3v) is 2.09. The first-order valence-electron chi connectivity index (χ1n) is 6.36. The van der Waals surface area contributed by atoms with Crippen LogP contribution in [-0.2, 0) is 13.6 Å². The van der Waals surface area contributed by atoms with E-state index in [0.717, 1.165) is 0 Å². The van der Waals surface area contributed by atoms with Gasteiger partial charge in [0.05, 0.1) is 13.6 Å². The van der Waals surface area contributed by atoms with Gasteiger partial charge in [0.1, 0.15) is 12.4 Å². The van der Waals surface area contributed by atoms with Crippen molar-refractivity contribution in [3.8, 4) is 0 Å². The fourth-order valence-corrected chi connectivity index (χ4v) is 1.36. The highest BCUT2D eigenvalue weighted by Gasteiger charge is 2.13. The van der Waals surface area contributed by atoms with Gasteiger partial charge in [-0.1, -0.05) is 19.8 Å². The summed E-state index contributed by atoms with van der Waals surface area (Å²) in [7, 11) is 30.1. The standard InChI is InChI=1S/C10H19N2.2Al.6ClH.HI/c1-3-4-5-6-7-12-9-8-11(2)10-12;;;;;;;;;/h8-10H,3-7H2,1-2H3;;;7*1H/q+1;2*+3;;;;;;;/p-7. The van der Waals surface area contributed by atoms with Crippen LogP contribution in [0.1, 0.15) is 32.6 Å². The Morgan fingerprint density at radius 3 is 1.95 bits per heavy atom. The summed E-state index contributed by atoms with van der Waals surface area (Å²) in [5.41, 5.74) is 0. The molecule has 21 heavy (non-hydrogen) atoms. The average Bonchev–Trinajstić information content (AvgIpc) is 2.67. The molecule has 124 valence electrons. The number of unbranched alkanes of at least 4 members (excludes halogenated alkanes) is 3. The fraction of sp³-hybridized carbons (Fsp3) is 0.700. The molecule has 0 unspecified atom stereocenters. The molecule has 0 amide bonds. The predicted molar refractivity (Wildman–Crippen MR) is 110 cm³/mol. The molecule has 0 saturated heterocycles. The molecule has 1 heterocycles. The summed E-state index contributed by atoms with van der Waals surface area (Å²) in [6.45, 7) is 3.41. The summed E-state index contributed by atoms with van der Waals surface area (Å²) in [5, 5.41) is 0. The van der Waals surface area contributed by atoms with Crippen molar-refractivity contribution in [3.05, 3.63) is 18.7 Å². The lowest BCUT2D eigenvalue weighted by molar-refractivity contribution is -0.671. The lowest BCUT2D eigenvalue weighted by atomic mass is 10.2. The van der Waals surface area contributed by atoms with Gasteiger partial charge in [0.15, 0.2) is 0 Å². The first-order valence-corrected chi connectivity index (χ1v) is 21.0.